The van der Waals surface area contributed by atoms with Crippen molar-refractivity contribution < 1.29 is 14.3 Å². The van der Waals surface area contributed by atoms with Gasteiger partial charge in [0.2, 0.25) is 5.91 Å². The number of halogens is 1. The van der Waals surface area contributed by atoms with Crippen LogP contribution in [0.1, 0.15) is 63.6 Å². The second-order valence-electron chi connectivity index (χ2n) is 8.58. The number of nitrogens with one attached hydrogen (secondary N) is 1. The molecule has 6 heteroatoms. The molecule has 0 spiro atoms. The van der Waals surface area contributed by atoms with Crippen molar-refractivity contribution in [3.63, 3.8) is 0 Å². The first-order chi connectivity index (χ1) is 15.1. The van der Waals surface area contributed by atoms with Gasteiger partial charge in [-0.1, -0.05) is 51.1 Å². The van der Waals surface area contributed by atoms with Crippen molar-refractivity contribution in [1.82, 2.24) is 10.2 Å². The number of ether oxygens (including phenoxy) is 1. The van der Waals surface area contributed by atoms with Gasteiger partial charge in [0, 0.05) is 12.6 Å². The summed E-state index contributed by atoms with van der Waals surface area (Å²) in [7, 11) is 0. The van der Waals surface area contributed by atoms with E-state index < -0.39 is 6.04 Å². The Morgan fingerprint density at radius 3 is 2.38 bits per heavy atom. The molecule has 0 aliphatic carbocycles. The average Bonchev–Trinajstić information content (AvgIpc) is 2.76. The SMILES string of the molecule is CC[C@@H](C)NC(=O)[C@H](C)N(Cc1ccccc1C)C(=O)COc1ccc(C(C)C)cc1Br. The Kier molecular flexibility index (Phi) is 9.76. The molecule has 0 radical (unpaired) electrons. The van der Waals surface area contributed by atoms with E-state index in [0.717, 1.165) is 22.0 Å². The van der Waals surface area contributed by atoms with Gasteiger partial charge in [0.1, 0.15) is 11.8 Å². The summed E-state index contributed by atoms with van der Waals surface area (Å²) < 4.78 is 6.65. The van der Waals surface area contributed by atoms with Crippen LogP contribution >= 0.6 is 15.9 Å². The van der Waals surface area contributed by atoms with Crippen LogP contribution in [0.5, 0.6) is 5.75 Å². The van der Waals surface area contributed by atoms with Crippen molar-refractivity contribution in [3.05, 3.63) is 63.6 Å². The van der Waals surface area contributed by atoms with Crippen molar-refractivity contribution in [2.24, 2.45) is 0 Å². The second kappa shape index (κ2) is 12.0. The molecular formula is C26H35BrN2O3. The number of hydrogen-bond donors (Lipinski definition) is 1. The molecule has 1 N–H and O–H groups in total. The molecule has 0 aliphatic rings. The number of aryl methyl sites for hydroxylation is 1. The molecule has 0 aromatic heterocycles. The molecule has 174 valence electrons. The van der Waals surface area contributed by atoms with Crippen molar-refractivity contribution >= 4 is 27.7 Å². The third kappa shape index (κ3) is 7.09. The Balaban J connectivity index is 2.19. The summed E-state index contributed by atoms with van der Waals surface area (Å²) in [5, 5.41) is 2.98. The van der Waals surface area contributed by atoms with Gasteiger partial charge < -0.3 is 15.0 Å². The maximum Gasteiger partial charge on any atom is 0.261 e. The van der Waals surface area contributed by atoms with E-state index in [1.54, 1.807) is 11.8 Å². The minimum absolute atomic E-state index is 0.0482. The Hall–Kier alpha value is -2.34. The number of carbonyl (C=O) groups excluding carboxylic acids is 2. The average molecular weight is 503 g/mol. The van der Waals surface area contributed by atoms with E-state index in [1.807, 2.05) is 63.2 Å². The summed E-state index contributed by atoms with van der Waals surface area (Å²) in [4.78, 5) is 27.6. The lowest BCUT2D eigenvalue weighted by Crippen LogP contribution is -2.50. The molecule has 0 unspecified atom stereocenters. The Morgan fingerprint density at radius 1 is 1.09 bits per heavy atom. The molecular weight excluding hydrogens is 468 g/mol. The highest BCUT2D eigenvalue weighted by molar-refractivity contribution is 9.10. The summed E-state index contributed by atoms with van der Waals surface area (Å²) in [6.07, 6.45) is 0.827. The molecule has 2 amide bonds. The fraction of sp³-hybridized carbons (Fsp3) is 0.462. The normalized spacial score (nSPS) is 12.9. The van der Waals surface area contributed by atoms with Crippen LogP contribution in [0.3, 0.4) is 0 Å². The molecule has 0 saturated heterocycles. The van der Waals surface area contributed by atoms with E-state index in [1.165, 1.54) is 5.56 Å². The number of amides is 2. The molecule has 0 bridgehead atoms. The van der Waals surface area contributed by atoms with E-state index in [4.69, 9.17) is 4.74 Å². The van der Waals surface area contributed by atoms with Crippen LogP contribution in [0, 0.1) is 6.92 Å². The zero-order chi connectivity index (χ0) is 23.8. The second-order valence-corrected chi connectivity index (χ2v) is 9.43. The first-order valence-corrected chi connectivity index (χ1v) is 12.0. The van der Waals surface area contributed by atoms with Crippen molar-refractivity contribution in [1.29, 1.82) is 0 Å². The maximum atomic E-state index is 13.2. The number of hydrogen-bond acceptors (Lipinski definition) is 3. The third-order valence-corrected chi connectivity index (χ3v) is 6.36. The minimum atomic E-state index is -0.619. The predicted octanol–water partition coefficient (Wildman–Crippen LogP) is 5.59. The minimum Gasteiger partial charge on any atom is -0.483 e. The van der Waals surface area contributed by atoms with Crippen LogP contribution < -0.4 is 10.1 Å². The zero-order valence-corrected chi connectivity index (χ0v) is 21.5. The molecule has 0 heterocycles. The number of rotatable bonds is 10. The Bertz CT molecular complexity index is 929. The summed E-state index contributed by atoms with van der Waals surface area (Å²) >= 11 is 3.54. The van der Waals surface area contributed by atoms with Gasteiger partial charge in [-0.3, -0.25) is 9.59 Å². The summed E-state index contributed by atoms with van der Waals surface area (Å²) in [6, 6.07) is 13.2. The van der Waals surface area contributed by atoms with Crippen LogP contribution in [0.4, 0.5) is 0 Å². The van der Waals surface area contributed by atoms with Gasteiger partial charge in [0.25, 0.3) is 5.91 Å². The molecule has 2 rings (SSSR count). The Labute approximate surface area is 200 Å². The van der Waals surface area contributed by atoms with Gasteiger partial charge in [0.15, 0.2) is 6.61 Å². The molecule has 2 atom stereocenters. The van der Waals surface area contributed by atoms with Gasteiger partial charge >= 0.3 is 0 Å². The van der Waals surface area contributed by atoms with Crippen LogP contribution in [0.2, 0.25) is 0 Å². The van der Waals surface area contributed by atoms with Crippen molar-refractivity contribution in [3.8, 4) is 5.75 Å². The molecule has 0 saturated carbocycles. The number of benzene rings is 2. The molecule has 2 aromatic carbocycles. The van der Waals surface area contributed by atoms with Gasteiger partial charge in [-0.2, -0.15) is 0 Å². The quantitative estimate of drug-likeness (QED) is 0.460. The summed E-state index contributed by atoms with van der Waals surface area (Å²) in [5.74, 6) is 0.607. The van der Waals surface area contributed by atoms with E-state index in [9.17, 15) is 9.59 Å². The molecule has 32 heavy (non-hydrogen) atoms. The fourth-order valence-corrected chi connectivity index (χ4v) is 3.75. The largest absolute Gasteiger partial charge is 0.483 e. The van der Waals surface area contributed by atoms with E-state index in [-0.39, 0.29) is 24.5 Å². The van der Waals surface area contributed by atoms with Crippen molar-refractivity contribution in [2.45, 2.75) is 72.5 Å². The van der Waals surface area contributed by atoms with Crippen LogP contribution in [-0.2, 0) is 16.1 Å². The monoisotopic (exact) mass is 502 g/mol. The smallest absolute Gasteiger partial charge is 0.261 e. The molecule has 0 aliphatic heterocycles. The van der Waals surface area contributed by atoms with Gasteiger partial charge in [-0.25, -0.2) is 0 Å². The first-order valence-electron chi connectivity index (χ1n) is 11.2. The van der Waals surface area contributed by atoms with Gasteiger partial charge in [-0.15, -0.1) is 0 Å². The lowest BCUT2D eigenvalue weighted by atomic mass is 10.0. The highest BCUT2D eigenvalue weighted by atomic mass is 79.9. The molecule has 5 nitrogen and oxygen atoms in total. The topological polar surface area (TPSA) is 58.6 Å². The highest BCUT2D eigenvalue weighted by Gasteiger charge is 2.27. The van der Waals surface area contributed by atoms with E-state index in [0.29, 0.717) is 18.2 Å². The lowest BCUT2D eigenvalue weighted by molar-refractivity contribution is -0.142. The zero-order valence-electron chi connectivity index (χ0n) is 19.9. The van der Waals surface area contributed by atoms with Crippen LogP contribution in [0.15, 0.2) is 46.9 Å². The third-order valence-electron chi connectivity index (χ3n) is 5.74. The van der Waals surface area contributed by atoms with Gasteiger partial charge in [-0.05, 0) is 77.9 Å². The standard InChI is InChI=1S/C26H35BrN2O3/c1-7-19(5)28-26(31)20(6)29(15-22-11-9-8-10-18(22)4)25(30)16-32-24-13-12-21(17(2)3)14-23(24)27/h8-14,17,19-20H,7,15-16H2,1-6H3,(H,28,31)/t19-,20+/m1/s1. The van der Waals surface area contributed by atoms with Crippen molar-refractivity contribution in [2.75, 3.05) is 6.61 Å². The maximum absolute atomic E-state index is 13.2. The Morgan fingerprint density at radius 2 is 1.78 bits per heavy atom. The van der Waals surface area contributed by atoms with Gasteiger partial charge in [0.05, 0.1) is 4.47 Å². The summed E-state index contributed by atoms with van der Waals surface area (Å²) in [5.41, 5.74) is 3.27. The molecule has 2 aromatic rings. The summed E-state index contributed by atoms with van der Waals surface area (Å²) in [6.45, 7) is 12.2. The van der Waals surface area contributed by atoms with E-state index >= 15 is 0 Å². The number of carbonyl (C=O) groups is 2. The highest BCUT2D eigenvalue weighted by Crippen LogP contribution is 2.29. The van der Waals surface area contributed by atoms with Crippen LogP contribution in [0.25, 0.3) is 0 Å². The predicted molar refractivity (Wildman–Crippen MR) is 133 cm³/mol. The lowest BCUT2D eigenvalue weighted by Gasteiger charge is -2.30. The molecule has 0 fully saturated rings. The van der Waals surface area contributed by atoms with E-state index in [2.05, 4.69) is 35.1 Å². The fourth-order valence-electron chi connectivity index (χ4n) is 3.23. The first kappa shape index (κ1) is 25.9. The number of nitrogens with zero attached hydrogens (tertiary/aromatic N) is 1. The van der Waals surface area contributed by atoms with Crippen LogP contribution in [-0.4, -0.2) is 35.4 Å².